The van der Waals surface area contributed by atoms with Crippen LogP contribution in [0.2, 0.25) is 0 Å². The Morgan fingerprint density at radius 2 is 1.84 bits per heavy atom. The van der Waals surface area contributed by atoms with Gasteiger partial charge in [-0.3, -0.25) is 4.79 Å². The van der Waals surface area contributed by atoms with Crippen molar-refractivity contribution in [3.8, 4) is 0 Å². The lowest BCUT2D eigenvalue weighted by Gasteiger charge is -2.21. The van der Waals surface area contributed by atoms with Gasteiger partial charge < -0.3 is 14.5 Å². The Labute approximate surface area is 188 Å². The number of rotatable bonds is 6. The number of nitrogens with one attached hydrogen (secondary N) is 1. The van der Waals surface area contributed by atoms with Crippen LogP contribution in [0.5, 0.6) is 0 Å². The summed E-state index contributed by atoms with van der Waals surface area (Å²) in [5, 5.41) is 3.47. The summed E-state index contributed by atoms with van der Waals surface area (Å²) in [6, 6.07) is 11.2. The summed E-state index contributed by atoms with van der Waals surface area (Å²) in [6.45, 7) is 7.36. The number of amides is 1. The van der Waals surface area contributed by atoms with E-state index >= 15 is 0 Å². The van der Waals surface area contributed by atoms with Crippen LogP contribution in [0.4, 0.5) is 0 Å². The first-order chi connectivity index (χ1) is 14.7. The molecule has 0 unspecified atom stereocenters. The van der Waals surface area contributed by atoms with Crippen LogP contribution >= 0.6 is 15.9 Å². The zero-order valence-corrected chi connectivity index (χ0v) is 19.4. The average molecular weight is 486 g/mol. The third kappa shape index (κ3) is 5.05. The van der Waals surface area contributed by atoms with Crippen molar-refractivity contribution in [2.45, 2.75) is 40.3 Å². The summed E-state index contributed by atoms with van der Waals surface area (Å²) in [6.07, 6.45) is 0. The van der Waals surface area contributed by atoms with Crippen molar-refractivity contribution in [1.82, 2.24) is 5.32 Å². The van der Waals surface area contributed by atoms with Gasteiger partial charge in [0.25, 0.3) is 5.91 Å². The highest BCUT2D eigenvalue weighted by atomic mass is 79.9. The van der Waals surface area contributed by atoms with E-state index in [-0.39, 0.29) is 18.4 Å². The topological polar surface area (TPSA) is 85.6 Å². The molecule has 0 aliphatic carbocycles. The van der Waals surface area contributed by atoms with Gasteiger partial charge in [0.05, 0.1) is 5.56 Å². The maximum Gasteiger partial charge on any atom is 0.336 e. The lowest BCUT2D eigenvalue weighted by atomic mass is 10.0. The number of fused-ring (bicyclic) bond motifs is 1. The Bertz CT molecular complexity index is 1200. The van der Waals surface area contributed by atoms with E-state index in [0.717, 1.165) is 11.1 Å². The van der Waals surface area contributed by atoms with Crippen molar-refractivity contribution < 1.29 is 18.7 Å². The second-order valence-electron chi connectivity index (χ2n) is 7.76. The number of aryl methyl sites for hydroxylation is 2. The SMILES string of the molecule is Cc1ccc2c(COC(=O)[C@@H](NC(=O)c3ccccc3Br)C(C)C)cc(=O)oc2c1C. The minimum absolute atomic E-state index is 0.0996. The number of benzene rings is 2. The summed E-state index contributed by atoms with van der Waals surface area (Å²) in [4.78, 5) is 37.5. The molecule has 0 saturated carbocycles. The van der Waals surface area contributed by atoms with Gasteiger partial charge >= 0.3 is 11.6 Å². The predicted molar refractivity (Wildman–Crippen MR) is 122 cm³/mol. The summed E-state index contributed by atoms with van der Waals surface area (Å²) in [5.41, 5.74) is 2.83. The molecule has 162 valence electrons. The lowest BCUT2D eigenvalue weighted by molar-refractivity contribution is -0.148. The maximum atomic E-state index is 12.8. The zero-order valence-electron chi connectivity index (χ0n) is 17.8. The Morgan fingerprint density at radius 1 is 1.13 bits per heavy atom. The van der Waals surface area contributed by atoms with E-state index < -0.39 is 17.6 Å². The Hall–Kier alpha value is -2.93. The molecule has 0 aliphatic heterocycles. The van der Waals surface area contributed by atoms with E-state index in [0.29, 0.717) is 26.6 Å². The van der Waals surface area contributed by atoms with Gasteiger partial charge in [-0.15, -0.1) is 0 Å². The van der Waals surface area contributed by atoms with Gasteiger partial charge in [0.15, 0.2) is 0 Å². The van der Waals surface area contributed by atoms with Crippen molar-refractivity contribution in [3.05, 3.63) is 79.6 Å². The first kappa shape index (κ1) is 22.7. The van der Waals surface area contributed by atoms with Gasteiger partial charge in [-0.25, -0.2) is 9.59 Å². The predicted octanol–water partition coefficient (Wildman–Crippen LogP) is 4.67. The van der Waals surface area contributed by atoms with Gasteiger partial charge in [-0.2, -0.15) is 0 Å². The van der Waals surface area contributed by atoms with Crippen molar-refractivity contribution in [1.29, 1.82) is 0 Å². The number of hydrogen-bond donors (Lipinski definition) is 1. The van der Waals surface area contributed by atoms with Gasteiger partial charge in [0.1, 0.15) is 18.2 Å². The molecular weight excluding hydrogens is 462 g/mol. The fourth-order valence-corrected chi connectivity index (χ4v) is 3.71. The van der Waals surface area contributed by atoms with E-state index in [1.165, 1.54) is 6.07 Å². The normalized spacial score (nSPS) is 12.1. The van der Waals surface area contributed by atoms with Crippen LogP contribution in [0.15, 0.2) is 56.1 Å². The Kier molecular flexibility index (Phi) is 6.95. The van der Waals surface area contributed by atoms with E-state index in [4.69, 9.17) is 9.15 Å². The molecule has 1 amide bonds. The number of hydrogen-bond acceptors (Lipinski definition) is 5. The third-order valence-electron chi connectivity index (χ3n) is 5.21. The van der Waals surface area contributed by atoms with Crippen molar-refractivity contribution >= 4 is 38.8 Å². The molecule has 0 spiro atoms. The van der Waals surface area contributed by atoms with Crippen LogP contribution in [-0.4, -0.2) is 17.9 Å². The molecule has 0 fully saturated rings. The molecule has 0 radical (unpaired) electrons. The van der Waals surface area contributed by atoms with E-state index in [2.05, 4.69) is 21.2 Å². The molecule has 6 nitrogen and oxygen atoms in total. The molecule has 2 aromatic carbocycles. The van der Waals surface area contributed by atoms with Crippen molar-refractivity contribution in [3.63, 3.8) is 0 Å². The average Bonchev–Trinajstić information content (AvgIpc) is 2.73. The fourth-order valence-electron chi connectivity index (χ4n) is 3.24. The van der Waals surface area contributed by atoms with Crippen LogP contribution in [0.1, 0.15) is 40.9 Å². The third-order valence-corrected chi connectivity index (χ3v) is 5.90. The van der Waals surface area contributed by atoms with Gasteiger partial charge in [-0.05, 0) is 59.0 Å². The summed E-state index contributed by atoms with van der Waals surface area (Å²) in [5.74, 6) is -1.14. The lowest BCUT2D eigenvalue weighted by Crippen LogP contribution is -2.45. The molecule has 3 rings (SSSR count). The molecule has 7 heteroatoms. The smallest absolute Gasteiger partial charge is 0.336 e. The molecule has 1 heterocycles. The first-order valence-electron chi connectivity index (χ1n) is 9.94. The quantitative estimate of drug-likeness (QED) is 0.404. The van der Waals surface area contributed by atoms with E-state index in [1.807, 2.05) is 39.8 Å². The molecule has 1 aromatic heterocycles. The molecule has 3 aromatic rings. The minimum Gasteiger partial charge on any atom is -0.459 e. The second kappa shape index (κ2) is 9.47. The first-order valence-corrected chi connectivity index (χ1v) is 10.7. The standard InChI is InChI=1S/C24H24BrNO5/c1-13(2)21(26-23(28)18-7-5-6-8-19(18)25)24(29)30-12-16-11-20(27)31-22-15(4)14(3)9-10-17(16)22/h5-11,13,21H,12H2,1-4H3,(H,26,28)/t21-/m0/s1. The molecule has 0 saturated heterocycles. The summed E-state index contributed by atoms with van der Waals surface area (Å²) in [7, 11) is 0. The number of esters is 1. The zero-order chi connectivity index (χ0) is 22.7. The van der Waals surface area contributed by atoms with Crippen LogP contribution in [0.25, 0.3) is 11.0 Å². The van der Waals surface area contributed by atoms with Gasteiger partial charge in [0, 0.05) is 21.5 Å². The summed E-state index contributed by atoms with van der Waals surface area (Å²) < 4.78 is 11.5. The molecule has 1 N–H and O–H groups in total. The van der Waals surface area contributed by atoms with Crippen molar-refractivity contribution in [2.24, 2.45) is 5.92 Å². The second-order valence-corrected chi connectivity index (χ2v) is 8.61. The van der Waals surface area contributed by atoms with Gasteiger partial charge in [-0.1, -0.05) is 38.1 Å². The van der Waals surface area contributed by atoms with Crippen LogP contribution < -0.4 is 10.9 Å². The van der Waals surface area contributed by atoms with E-state index in [1.54, 1.807) is 24.3 Å². The number of carbonyl (C=O) groups excluding carboxylic acids is 2. The number of ether oxygens (including phenoxy) is 1. The largest absolute Gasteiger partial charge is 0.459 e. The van der Waals surface area contributed by atoms with Gasteiger partial charge in [0.2, 0.25) is 0 Å². The number of carbonyl (C=O) groups is 2. The Morgan fingerprint density at radius 3 is 2.52 bits per heavy atom. The minimum atomic E-state index is -0.838. The highest BCUT2D eigenvalue weighted by Crippen LogP contribution is 2.24. The van der Waals surface area contributed by atoms with Crippen LogP contribution in [0, 0.1) is 19.8 Å². The maximum absolute atomic E-state index is 12.8. The van der Waals surface area contributed by atoms with Crippen LogP contribution in [-0.2, 0) is 16.1 Å². The molecule has 1 atom stereocenters. The van der Waals surface area contributed by atoms with Crippen LogP contribution in [0.3, 0.4) is 0 Å². The fraction of sp³-hybridized carbons (Fsp3) is 0.292. The molecule has 0 aliphatic rings. The highest BCUT2D eigenvalue weighted by Gasteiger charge is 2.27. The number of halogens is 1. The highest BCUT2D eigenvalue weighted by molar-refractivity contribution is 9.10. The van der Waals surface area contributed by atoms with E-state index in [9.17, 15) is 14.4 Å². The molecule has 31 heavy (non-hydrogen) atoms. The molecular formula is C24H24BrNO5. The monoisotopic (exact) mass is 485 g/mol. The Balaban J connectivity index is 1.80. The van der Waals surface area contributed by atoms with Crippen molar-refractivity contribution in [2.75, 3.05) is 0 Å². The molecule has 0 bridgehead atoms. The summed E-state index contributed by atoms with van der Waals surface area (Å²) >= 11 is 3.35.